The number of fused-ring (bicyclic) bond motifs is 1. The lowest BCUT2D eigenvalue weighted by molar-refractivity contribution is -0.133. The van der Waals surface area contributed by atoms with E-state index in [9.17, 15) is 4.79 Å². The highest BCUT2D eigenvalue weighted by Crippen LogP contribution is 2.29. The summed E-state index contributed by atoms with van der Waals surface area (Å²) in [5.74, 6) is 0.519. The molecule has 122 valence electrons. The summed E-state index contributed by atoms with van der Waals surface area (Å²) in [7, 11) is 0. The van der Waals surface area contributed by atoms with Crippen LogP contribution in [0.1, 0.15) is 12.6 Å². The predicted octanol–water partition coefficient (Wildman–Crippen LogP) is 3.83. The van der Waals surface area contributed by atoms with Crippen molar-refractivity contribution in [2.75, 3.05) is 6.61 Å². The Labute approximate surface area is 144 Å². The molecule has 2 aromatic heterocycles. The topological polar surface area (TPSA) is 61.3 Å². The van der Waals surface area contributed by atoms with Crippen LogP contribution < -0.4 is 9.47 Å². The van der Waals surface area contributed by atoms with Gasteiger partial charge in [0.05, 0.1) is 18.7 Å². The highest BCUT2D eigenvalue weighted by atomic mass is 35.5. The minimum atomic E-state index is -0.407. The van der Waals surface area contributed by atoms with E-state index in [4.69, 9.17) is 21.1 Å². The number of pyridine rings is 2. The molecule has 0 fully saturated rings. The molecular formula is C18H15ClN2O3. The van der Waals surface area contributed by atoms with Crippen LogP contribution in [0.3, 0.4) is 0 Å². The molecule has 0 saturated heterocycles. The number of ether oxygens (including phenoxy) is 2. The van der Waals surface area contributed by atoms with Crippen molar-refractivity contribution < 1.29 is 14.3 Å². The van der Waals surface area contributed by atoms with Gasteiger partial charge in [-0.3, -0.25) is 4.79 Å². The summed E-state index contributed by atoms with van der Waals surface area (Å²) in [6.45, 7) is 2.33. The molecule has 24 heavy (non-hydrogen) atoms. The Morgan fingerprint density at radius 1 is 1.17 bits per heavy atom. The average Bonchev–Trinajstić information content (AvgIpc) is 2.57. The predicted molar refractivity (Wildman–Crippen MR) is 91.5 cm³/mol. The Hall–Kier alpha value is -2.66. The van der Waals surface area contributed by atoms with Crippen molar-refractivity contribution >= 4 is 28.3 Å². The maximum Gasteiger partial charge on any atom is 0.317 e. The molecule has 0 amide bonds. The molecule has 6 heteroatoms. The van der Waals surface area contributed by atoms with Gasteiger partial charge in [-0.25, -0.2) is 9.97 Å². The third-order valence-electron chi connectivity index (χ3n) is 3.31. The van der Waals surface area contributed by atoms with E-state index in [1.165, 1.54) is 0 Å². The number of hydrogen-bond acceptors (Lipinski definition) is 5. The molecule has 3 rings (SSSR count). The molecule has 0 radical (unpaired) electrons. The van der Waals surface area contributed by atoms with Crippen molar-refractivity contribution in [3.05, 3.63) is 59.5 Å². The average molecular weight is 343 g/mol. The number of halogens is 1. The largest absolute Gasteiger partial charge is 0.478 e. The highest BCUT2D eigenvalue weighted by molar-refractivity contribution is 6.34. The number of benzene rings is 1. The van der Waals surface area contributed by atoms with Gasteiger partial charge in [-0.05, 0) is 31.2 Å². The molecule has 5 nitrogen and oxygen atoms in total. The standard InChI is InChI=1S/C18H15ClN2O3/c1-2-23-18-14-8-9-20-17(19)15(14)10-12(21-18)11-16(22)24-13-6-4-3-5-7-13/h3-10H,2,11H2,1H3. The Morgan fingerprint density at radius 2 is 1.96 bits per heavy atom. The van der Waals surface area contributed by atoms with Crippen LogP contribution in [0.25, 0.3) is 10.8 Å². The van der Waals surface area contributed by atoms with E-state index in [0.717, 1.165) is 5.39 Å². The van der Waals surface area contributed by atoms with Gasteiger partial charge in [-0.15, -0.1) is 0 Å². The van der Waals surface area contributed by atoms with Crippen molar-refractivity contribution in [1.29, 1.82) is 0 Å². The van der Waals surface area contributed by atoms with E-state index in [1.54, 1.807) is 42.6 Å². The third-order valence-corrected chi connectivity index (χ3v) is 3.61. The molecule has 0 aliphatic rings. The van der Waals surface area contributed by atoms with Crippen LogP contribution in [-0.2, 0) is 11.2 Å². The second-order valence-electron chi connectivity index (χ2n) is 5.01. The van der Waals surface area contributed by atoms with Gasteiger partial charge in [0.2, 0.25) is 5.88 Å². The van der Waals surface area contributed by atoms with Crippen LogP contribution in [0.5, 0.6) is 11.6 Å². The third kappa shape index (κ3) is 3.63. The normalized spacial score (nSPS) is 10.6. The minimum Gasteiger partial charge on any atom is -0.478 e. The maximum absolute atomic E-state index is 12.1. The molecule has 0 aliphatic heterocycles. The van der Waals surface area contributed by atoms with Gasteiger partial charge >= 0.3 is 5.97 Å². The van der Waals surface area contributed by atoms with Crippen molar-refractivity contribution in [2.45, 2.75) is 13.3 Å². The second-order valence-corrected chi connectivity index (χ2v) is 5.37. The van der Waals surface area contributed by atoms with Crippen LogP contribution >= 0.6 is 11.6 Å². The fraction of sp³-hybridized carbons (Fsp3) is 0.167. The number of esters is 1. The molecule has 0 aliphatic carbocycles. The second kappa shape index (κ2) is 7.27. The first-order valence-electron chi connectivity index (χ1n) is 7.50. The van der Waals surface area contributed by atoms with Gasteiger partial charge < -0.3 is 9.47 Å². The molecule has 0 spiro atoms. The molecule has 0 unspecified atom stereocenters. The molecule has 0 N–H and O–H groups in total. The summed E-state index contributed by atoms with van der Waals surface area (Å²) in [5.41, 5.74) is 0.516. The number of carbonyl (C=O) groups excluding carboxylic acids is 1. The fourth-order valence-corrected chi connectivity index (χ4v) is 2.51. The monoisotopic (exact) mass is 342 g/mol. The lowest BCUT2D eigenvalue weighted by Crippen LogP contribution is -2.12. The zero-order chi connectivity index (χ0) is 16.9. The first-order valence-corrected chi connectivity index (χ1v) is 7.88. The van der Waals surface area contributed by atoms with E-state index in [-0.39, 0.29) is 6.42 Å². The summed E-state index contributed by atoms with van der Waals surface area (Å²) in [4.78, 5) is 20.6. The Bertz CT molecular complexity index is 869. The van der Waals surface area contributed by atoms with E-state index in [0.29, 0.717) is 34.5 Å². The minimum absolute atomic E-state index is 0.0101. The molecule has 0 bridgehead atoms. The summed E-state index contributed by atoms with van der Waals surface area (Å²) in [6.07, 6.45) is 1.61. The van der Waals surface area contributed by atoms with E-state index in [1.807, 2.05) is 13.0 Å². The lowest BCUT2D eigenvalue weighted by atomic mass is 10.1. The number of rotatable bonds is 5. The van der Waals surface area contributed by atoms with Crippen molar-refractivity contribution in [3.8, 4) is 11.6 Å². The van der Waals surface area contributed by atoms with Crippen LogP contribution in [0.15, 0.2) is 48.7 Å². The van der Waals surface area contributed by atoms with Gasteiger partial charge in [-0.1, -0.05) is 29.8 Å². The first-order chi connectivity index (χ1) is 11.7. The van der Waals surface area contributed by atoms with Gasteiger partial charge in [0, 0.05) is 17.0 Å². The molecule has 0 saturated carbocycles. The van der Waals surface area contributed by atoms with Crippen molar-refractivity contribution in [3.63, 3.8) is 0 Å². The van der Waals surface area contributed by atoms with E-state index < -0.39 is 5.97 Å². The smallest absolute Gasteiger partial charge is 0.317 e. The number of nitrogens with zero attached hydrogens (tertiary/aromatic N) is 2. The number of hydrogen-bond donors (Lipinski definition) is 0. The number of aromatic nitrogens is 2. The van der Waals surface area contributed by atoms with E-state index in [2.05, 4.69) is 9.97 Å². The summed E-state index contributed by atoms with van der Waals surface area (Å²) >= 11 is 6.16. The summed E-state index contributed by atoms with van der Waals surface area (Å²) < 4.78 is 10.9. The van der Waals surface area contributed by atoms with Crippen molar-refractivity contribution in [2.24, 2.45) is 0 Å². The fourth-order valence-electron chi connectivity index (χ4n) is 2.30. The maximum atomic E-state index is 12.1. The zero-order valence-electron chi connectivity index (χ0n) is 13.0. The number of carbonyl (C=O) groups is 1. The van der Waals surface area contributed by atoms with Crippen LogP contribution in [0, 0.1) is 0 Å². The lowest BCUT2D eigenvalue weighted by Gasteiger charge is -2.10. The van der Waals surface area contributed by atoms with Crippen LogP contribution in [0.2, 0.25) is 5.15 Å². The molecular weight excluding hydrogens is 328 g/mol. The zero-order valence-corrected chi connectivity index (χ0v) is 13.8. The van der Waals surface area contributed by atoms with Gasteiger partial charge in [-0.2, -0.15) is 0 Å². The Balaban J connectivity index is 1.89. The Morgan fingerprint density at radius 3 is 2.71 bits per heavy atom. The quantitative estimate of drug-likeness (QED) is 0.400. The Kier molecular flexibility index (Phi) is 4.91. The molecule has 2 heterocycles. The highest BCUT2D eigenvalue weighted by Gasteiger charge is 2.14. The van der Waals surface area contributed by atoms with Crippen LogP contribution in [0.4, 0.5) is 0 Å². The first kappa shape index (κ1) is 16.2. The van der Waals surface area contributed by atoms with E-state index >= 15 is 0 Å². The summed E-state index contributed by atoms with van der Waals surface area (Å²) in [5, 5.41) is 1.80. The van der Waals surface area contributed by atoms with Gasteiger partial charge in [0.1, 0.15) is 10.9 Å². The molecule has 1 aromatic carbocycles. The summed E-state index contributed by atoms with van der Waals surface area (Å²) in [6, 6.07) is 12.4. The van der Waals surface area contributed by atoms with Crippen LogP contribution in [-0.4, -0.2) is 22.5 Å². The van der Waals surface area contributed by atoms with Crippen molar-refractivity contribution in [1.82, 2.24) is 9.97 Å². The SMILES string of the molecule is CCOc1nc(CC(=O)Oc2ccccc2)cc2c(Cl)nccc12. The van der Waals surface area contributed by atoms with Gasteiger partial charge in [0.25, 0.3) is 0 Å². The number of para-hydroxylation sites is 1. The molecule has 3 aromatic rings. The van der Waals surface area contributed by atoms with Gasteiger partial charge in [0.15, 0.2) is 0 Å². The molecule has 0 atom stereocenters.